The standard InChI is InChI=1S/C25H28O4/c1-28-25-19(22(27)15-21(26)18-11-7-4-8-12-18)13-14-23-24(25)20(16-29-23)17-9-5-2-3-6-10-17/h4,7-8,11-14,17,20H,2-3,5-6,9-10,15-16H2,1H3. The van der Waals surface area contributed by atoms with E-state index in [0.717, 1.165) is 11.3 Å². The first-order valence-corrected chi connectivity index (χ1v) is 10.6. The lowest BCUT2D eigenvalue weighted by molar-refractivity contribution is 0.0892. The lowest BCUT2D eigenvalue weighted by Crippen LogP contribution is -2.16. The number of hydrogen-bond acceptors (Lipinski definition) is 4. The molecule has 0 aromatic heterocycles. The molecule has 0 radical (unpaired) electrons. The first-order chi connectivity index (χ1) is 14.2. The van der Waals surface area contributed by atoms with Crippen LogP contribution in [-0.4, -0.2) is 25.3 Å². The molecule has 29 heavy (non-hydrogen) atoms. The van der Waals surface area contributed by atoms with Gasteiger partial charge < -0.3 is 9.47 Å². The summed E-state index contributed by atoms with van der Waals surface area (Å²) in [6.07, 6.45) is 7.34. The highest BCUT2D eigenvalue weighted by atomic mass is 16.5. The molecule has 0 spiro atoms. The van der Waals surface area contributed by atoms with Gasteiger partial charge in [0.05, 0.1) is 25.7 Å². The van der Waals surface area contributed by atoms with Gasteiger partial charge in [-0.2, -0.15) is 0 Å². The third-order valence-electron chi connectivity index (χ3n) is 6.34. The van der Waals surface area contributed by atoms with E-state index in [9.17, 15) is 9.59 Å². The van der Waals surface area contributed by atoms with E-state index in [2.05, 4.69) is 0 Å². The maximum atomic E-state index is 13.0. The van der Waals surface area contributed by atoms with Crippen LogP contribution in [-0.2, 0) is 0 Å². The first kappa shape index (κ1) is 19.7. The molecule has 152 valence electrons. The van der Waals surface area contributed by atoms with Crippen LogP contribution >= 0.6 is 0 Å². The molecule has 1 aliphatic carbocycles. The molecule has 0 bridgehead atoms. The first-order valence-electron chi connectivity index (χ1n) is 10.6. The SMILES string of the molecule is COc1c(C(=O)CC(=O)c2ccccc2)ccc2c1C(C1CCCCCC1)CO2. The number of Topliss-reactive ketones (excluding diaryl/α,β-unsaturated/α-hetero) is 2. The number of ether oxygens (including phenoxy) is 2. The molecule has 1 saturated carbocycles. The van der Waals surface area contributed by atoms with Crippen molar-refractivity contribution in [3.8, 4) is 11.5 Å². The average Bonchev–Trinajstić information content (AvgIpc) is 3.00. The Kier molecular flexibility index (Phi) is 5.98. The average molecular weight is 392 g/mol. The van der Waals surface area contributed by atoms with Gasteiger partial charge in [-0.15, -0.1) is 0 Å². The number of carbonyl (C=O) groups is 2. The molecule has 2 aromatic rings. The van der Waals surface area contributed by atoms with Crippen LogP contribution < -0.4 is 9.47 Å². The summed E-state index contributed by atoms with van der Waals surface area (Å²) in [6.45, 7) is 0.650. The summed E-state index contributed by atoms with van der Waals surface area (Å²) < 4.78 is 11.7. The molecule has 1 heterocycles. The van der Waals surface area contributed by atoms with Crippen molar-refractivity contribution in [2.24, 2.45) is 5.92 Å². The van der Waals surface area contributed by atoms with Gasteiger partial charge in [0.1, 0.15) is 11.5 Å². The molecule has 2 aromatic carbocycles. The lowest BCUT2D eigenvalue weighted by Gasteiger charge is -2.23. The molecule has 4 rings (SSSR count). The van der Waals surface area contributed by atoms with Crippen molar-refractivity contribution in [3.63, 3.8) is 0 Å². The van der Waals surface area contributed by atoms with E-state index in [1.807, 2.05) is 24.3 Å². The minimum Gasteiger partial charge on any atom is -0.496 e. The zero-order chi connectivity index (χ0) is 20.2. The van der Waals surface area contributed by atoms with Crippen LogP contribution in [0.25, 0.3) is 0 Å². The number of methoxy groups -OCH3 is 1. The maximum Gasteiger partial charge on any atom is 0.174 e. The maximum absolute atomic E-state index is 13.0. The predicted octanol–water partition coefficient (Wildman–Crippen LogP) is 5.60. The van der Waals surface area contributed by atoms with E-state index < -0.39 is 0 Å². The summed E-state index contributed by atoms with van der Waals surface area (Å²) >= 11 is 0. The Hall–Kier alpha value is -2.62. The summed E-state index contributed by atoms with van der Waals surface area (Å²) in [6, 6.07) is 12.6. The highest BCUT2D eigenvalue weighted by Crippen LogP contribution is 2.48. The second kappa shape index (κ2) is 8.81. The topological polar surface area (TPSA) is 52.6 Å². The summed E-state index contributed by atoms with van der Waals surface area (Å²) in [5, 5.41) is 0. The van der Waals surface area contributed by atoms with Crippen molar-refractivity contribution in [1.82, 2.24) is 0 Å². The van der Waals surface area contributed by atoms with Crippen LogP contribution in [0.3, 0.4) is 0 Å². The Morgan fingerprint density at radius 1 is 0.966 bits per heavy atom. The van der Waals surface area contributed by atoms with Crippen molar-refractivity contribution in [1.29, 1.82) is 0 Å². The van der Waals surface area contributed by atoms with Crippen molar-refractivity contribution in [2.45, 2.75) is 50.9 Å². The third kappa shape index (κ3) is 4.07. The predicted molar refractivity (Wildman–Crippen MR) is 112 cm³/mol. The fourth-order valence-electron chi connectivity index (χ4n) is 4.81. The number of benzene rings is 2. The highest BCUT2D eigenvalue weighted by molar-refractivity contribution is 6.14. The van der Waals surface area contributed by atoms with Crippen LogP contribution in [0.4, 0.5) is 0 Å². The fourth-order valence-corrected chi connectivity index (χ4v) is 4.81. The van der Waals surface area contributed by atoms with Crippen molar-refractivity contribution < 1.29 is 19.1 Å². The van der Waals surface area contributed by atoms with E-state index in [1.54, 1.807) is 25.3 Å². The molecular weight excluding hydrogens is 364 g/mol. The van der Waals surface area contributed by atoms with Crippen molar-refractivity contribution in [2.75, 3.05) is 13.7 Å². The zero-order valence-corrected chi connectivity index (χ0v) is 17.0. The Labute approximate surface area is 172 Å². The van der Waals surface area contributed by atoms with Gasteiger partial charge in [0.2, 0.25) is 0 Å². The van der Waals surface area contributed by atoms with Crippen LogP contribution in [0, 0.1) is 5.92 Å². The molecular formula is C25H28O4. The molecule has 4 nitrogen and oxygen atoms in total. The summed E-state index contributed by atoms with van der Waals surface area (Å²) in [4.78, 5) is 25.5. The summed E-state index contributed by atoms with van der Waals surface area (Å²) in [5.41, 5.74) is 2.07. The van der Waals surface area contributed by atoms with Gasteiger partial charge in [0, 0.05) is 17.0 Å². The van der Waals surface area contributed by atoms with Gasteiger partial charge >= 0.3 is 0 Å². The Balaban J connectivity index is 1.61. The number of hydrogen-bond donors (Lipinski definition) is 0. The van der Waals surface area contributed by atoms with Gasteiger partial charge in [-0.3, -0.25) is 9.59 Å². The molecule has 0 amide bonds. The Bertz CT molecular complexity index is 879. The van der Waals surface area contributed by atoms with E-state index in [4.69, 9.17) is 9.47 Å². The molecule has 1 fully saturated rings. The minimum absolute atomic E-state index is 0.159. The molecule has 1 unspecified atom stereocenters. The van der Waals surface area contributed by atoms with Crippen molar-refractivity contribution >= 4 is 11.6 Å². The molecule has 0 N–H and O–H groups in total. The second-order valence-electron chi connectivity index (χ2n) is 8.12. The van der Waals surface area contributed by atoms with E-state index >= 15 is 0 Å². The van der Waals surface area contributed by atoms with Gasteiger partial charge in [-0.1, -0.05) is 56.0 Å². The van der Waals surface area contributed by atoms with Gasteiger partial charge in [-0.25, -0.2) is 0 Å². The monoisotopic (exact) mass is 392 g/mol. The van der Waals surface area contributed by atoms with Crippen LogP contribution in [0.2, 0.25) is 0 Å². The molecule has 1 aliphatic heterocycles. The summed E-state index contributed by atoms with van der Waals surface area (Å²) in [5.74, 6) is 1.86. The van der Waals surface area contributed by atoms with Gasteiger partial charge in [0.25, 0.3) is 0 Å². The second-order valence-corrected chi connectivity index (χ2v) is 8.12. The Morgan fingerprint density at radius 2 is 1.69 bits per heavy atom. The lowest BCUT2D eigenvalue weighted by atomic mass is 9.81. The normalized spacial score (nSPS) is 19.1. The van der Waals surface area contributed by atoms with Crippen LogP contribution in [0.15, 0.2) is 42.5 Å². The number of carbonyl (C=O) groups excluding carboxylic acids is 2. The number of fused-ring (bicyclic) bond motifs is 1. The van der Waals surface area contributed by atoms with Gasteiger partial charge in [0.15, 0.2) is 11.6 Å². The van der Waals surface area contributed by atoms with Crippen LogP contribution in [0.5, 0.6) is 11.5 Å². The van der Waals surface area contributed by atoms with Gasteiger partial charge in [-0.05, 0) is 30.9 Å². The smallest absolute Gasteiger partial charge is 0.174 e. The largest absolute Gasteiger partial charge is 0.496 e. The Morgan fingerprint density at radius 3 is 2.38 bits per heavy atom. The third-order valence-corrected chi connectivity index (χ3v) is 6.34. The minimum atomic E-state index is -0.204. The molecule has 1 atom stereocenters. The van der Waals surface area contributed by atoms with Crippen LogP contribution in [0.1, 0.15) is 77.1 Å². The fraction of sp³-hybridized carbons (Fsp3) is 0.440. The van der Waals surface area contributed by atoms with E-state index in [1.165, 1.54) is 38.5 Å². The highest BCUT2D eigenvalue weighted by Gasteiger charge is 2.36. The van der Waals surface area contributed by atoms with E-state index in [0.29, 0.717) is 29.4 Å². The quantitative estimate of drug-likeness (QED) is 0.365. The van der Waals surface area contributed by atoms with E-state index in [-0.39, 0.29) is 23.9 Å². The number of rotatable bonds is 6. The molecule has 0 saturated heterocycles. The van der Waals surface area contributed by atoms with Crippen molar-refractivity contribution in [3.05, 3.63) is 59.2 Å². The number of ketones is 2. The summed E-state index contributed by atoms with van der Waals surface area (Å²) in [7, 11) is 1.61. The molecule has 4 heteroatoms. The zero-order valence-electron chi connectivity index (χ0n) is 17.0. The molecule has 2 aliphatic rings.